The summed E-state index contributed by atoms with van der Waals surface area (Å²) in [5.41, 5.74) is 0. The van der Waals surface area contributed by atoms with Gasteiger partial charge in [-0.15, -0.1) is 5.10 Å². The first-order valence-electron chi connectivity index (χ1n) is 3.61. The van der Waals surface area contributed by atoms with Crippen LogP contribution in [0.1, 0.15) is 0 Å². The Morgan fingerprint density at radius 2 is 2.20 bits per heavy atom. The smallest absolute Gasteiger partial charge is 0.303 e. The molecular weight excluding hydrogens is 237 g/mol. The summed E-state index contributed by atoms with van der Waals surface area (Å²) in [6.45, 7) is -0.546. The molecule has 86 valence electrons. The Bertz CT molecular complexity index is 340. The number of alkyl halides is 2. The molecule has 0 aromatic carbocycles. The summed E-state index contributed by atoms with van der Waals surface area (Å²) < 4.78 is 39.6. The van der Waals surface area contributed by atoms with E-state index in [-0.39, 0.29) is 0 Å². The first kappa shape index (κ1) is 12.1. The zero-order valence-corrected chi connectivity index (χ0v) is 8.04. The van der Waals surface area contributed by atoms with Crippen molar-refractivity contribution in [3.8, 4) is 0 Å². The summed E-state index contributed by atoms with van der Waals surface area (Å²) in [6, 6.07) is 0. The van der Waals surface area contributed by atoms with Gasteiger partial charge >= 0.3 is 7.82 Å². The molecule has 15 heavy (non-hydrogen) atoms. The number of rotatable bonds is 5. The van der Waals surface area contributed by atoms with E-state index in [0.717, 1.165) is 11.0 Å². The van der Waals surface area contributed by atoms with Gasteiger partial charge in [0.25, 0.3) is 6.43 Å². The second-order valence-electron chi connectivity index (χ2n) is 2.50. The minimum absolute atomic E-state index is 0.546. The van der Waals surface area contributed by atoms with Crippen molar-refractivity contribution < 1.29 is 27.7 Å². The Hall–Kier alpha value is -0.960. The Balaban J connectivity index is 2.63. The summed E-state index contributed by atoms with van der Waals surface area (Å²) in [5, 5.41) is 9.60. The lowest BCUT2D eigenvalue weighted by Crippen LogP contribution is -2.27. The van der Waals surface area contributed by atoms with Crippen molar-refractivity contribution in [1.29, 1.82) is 0 Å². The predicted octanol–water partition coefficient (Wildman–Crippen LogP) is -0.584. The number of hydrogen-bond acceptors (Lipinski definition) is 5. The Kier molecular flexibility index (Phi) is 3.80. The molecule has 8 nitrogen and oxygen atoms in total. The second-order valence-corrected chi connectivity index (χ2v) is 3.69. The maximum Gasteiger partial charge on any atom is 0.470 e. The van der Waals surface area contributed by atoms with Crippen molar-refractivity contribution in [3.63, 3.8) is 0 Å². The molecule has 1 unspecified atom stereocenters. The van der Waals surface area contributed by atoms with Crippen molar-refractivity contribution in [2.24, 2.45) is 0 Å². The molecule has 0 fully saturated rings. The van der Waals surface area contributed by atoms with Crippen molar-refractivity contribution in [1.82, 2.24) is 20.2 Å². The minimum atomic E-state index is -4.96. The van der Waals surface area contributed by atoms with E-state index in [9.17, 15) is 13.3 Å². The van der Waals surface area contributed by atoms with Crippen LogP contribution in [0.15, 0.2) is 6.33 Å². The average Bonchev–Trinajstić information content (AvgIpc) is 2.52. The van der Waals surface area contributed by atoms with Crippen LogP contribution in [0.5, 0.6) is 0 Å². The monoisotopic (exact) mass is 244 g/mol. The second kappa shape index (κ2) is 4.71. The Morgan fingerprint density at radius 1 is 1.53 bits per heavy atom. The number of halogens is 2. The van der Waals surface area contributed by atoms with E-state index in [1.54, 1.807) is 0 Å². The van der Waals surface area contributed by atoms with Crippen LogP contribution < -0.4 is 0 Å². The maximum absolute atomic E-state index is 12.3. The summed E-state index contributed by atoms with van der Waals surface area (Å²) in [5.74, 6) is 0. The number of nitrogens with zero attached hydrogens (tertiary/aromatic N) is 4. The topological polar surface area (TPSA) is 110 Å². The van der Waals surface area contributed by atoms with Gasteiger partial charge in [0, 0.05) is 0 Å². The van der Waals surface area contributed by atoms with Gasteiger partial charge in [0.05, 0.1) is 6.54 Å². The van der Waals surface area contributed by atoms with Crippen LogP contribution in [-0.4, -0.2) is 42.5 Å². The van der Waals surface area contributed by atoms with Crippen LogP contribution in [0.4, 0.5) is 8.78 Å². The van der Waals surface area contributed by atoms with Gasteiger partial charge < -0.3 is 9.79 Å². The fourth-order valence-corrected chi connectivity index (χ4v) is 1.30. The molecule has 0 radical (unpaired) electrons. The number of phosphoric acid groups is 1. The molecule has 1 aromatic heterocycles. The molecule has 0 saturated heterocycles. The van der Waals surface area contributed by atoms with E-state index >= 15 is 0 Å². The van der Waals surface area contributed by atoms with Crippen LogP contribution in [0.3, 0.4) is 0 Å². The molecule has 0 aliphatic heterocycles. The Morgan fingerprint density at radius 3 is 2.60 bits per heavy atom. The molecule has 0 bridgehead atoms. The normalized spacial score (nSPS) is 14.5. The van der Waals surface area contributed by atoms with Crippen molar-refractivity contribution in [3.05, 3.63) is 6.33 Å². The molecule has 1 aromatic rings. The highest BCUT2D eigenvalue weighted by molar-refractivity contribution is 7.46. The summed E-state index contributed by atoms with van der Waals surface area (Å²) >= 11 is 0. The zero-order chi connectivity index (χ0) is 11.5. The van der Waals surface area contributed by atoms with Gasteiger partial charge in [-0.25, -0.2) is 18.0 Å². The van der Waals surface area contributed by atoms with E-state index < -0.39 is 26.9 Å². The first-order valence-corrected chi connectivity index (χ1v) is 5.14. The fraction of sp³-hybridized carbons (Fsp3) is 0.750. The van der Waals surface area contributed by atoms with Crippen LogP contribution in [-0.2, 0) is 15.6 Å². The maximum atomic E-state index is 12.3. The lowest BCUT2D eigenvalue weighted by atomic mass is 10.4. The van der Waals surface area contributed by atoms with E-state index in [4.69, 9.17) is 9.79 Å². The highest BCUT2D eigenvalue weighted by Crippen LogP contribution is 2.39. The lowest BCUT2D eigenvalue weighted by Gasteiger charge is -2.16. The van der Waals surface area contributed by atoms with E-state index in [0.29, 0.717) is 0 Å². The predicted molar refractivity (Wildman–Crippen MR) is 40.7 cm³/mol. The molecule has 0 spiro atoms. The summed E-state index contributed by atoms with van der Waals surface area (Å²) in [7, 11) is -4.96. The van der Waals surface area contributed by atoms with Crippen molar-refractivity contribution >= 4 is 7.82 Å². The van der Waals surface area contributed by atoms with Gasteiger partial charge in [-0.2, -0.15) is 0 Å². The number of tetrazole rings is 1. The molecule has 2 N–H and O–H groups in total. The van der Waals surface area contributed by atoms with Gasteiger partial charge in [0.1, 0.15) is 12.4 Å². The van der Waals surface area contributed by atoms with Gasteiger partial charge in [0.15, 0.2) is 0 Å². The molecular formula is C4H7F2N4O4P. The fourth-order valence-electron chi connectivity index (χ4n) is 0.784. The highest BCUT2D eigenvalue weighted by atomic mass is 31.2. The third-order valence-electron chi connectivity index (χ3n) is 1.31. The molecule has 0 aliphatic rings. The molecule has 0 saturated carbocycles. The zero-order valence-electron chi connectivity index (χ0n) is 7.14. The van der Waals surface area contributed by atoms with Gasteiger partial charge in [-0.05, 0) is 10.4 Å². The van der Waals surface area contributed by atoms with Crippen LogP contribution in [0.2, 0.25) is 0 Å². The van der Waals surface area contributed by atoms with E-state index in [1.807, 2.05) is 0 Å². The lowest BCUT2D eigenvalue weighted by molar-refractivity contribution is -0.0152. The minimum Gasteiger partial charge on any atom is -0.303 e. The van der Waals surface area contributed by atoms with Crippen LogP contribution in [0.25, 0.3) is 0 Å². The van der Waals surface area contributed by atoms with Gasteiger partial charge in [-0.1, -0.05) is 0 Å². The molecule has 0 amide bonds. The highest BCUT2D eigenvalue weighted by Gasteiger charge is 2.30. The average molecular weight is 244 g/mol. The Labute approximate surface area is 82.1 Å². The van der Waals surface area contributed by atoms with Crippen LogP contribution in [0, 0.1) is 0 Å². The quantitative estimate of drug-likeness (QED) is 0.666. The van der Waals surface area contributed by atoms with E-state index in [2.05, 4.69) is 20.0 Å². The summed E-state index contributed by atoms with van der Waals surface area (Å²) in [4.78, 5) is 16.7. The number of hydrogen-bond donors (Lipinski definition) is 2. The largest absolute Gasteiger partial charge is 0.470 e. The summed E-state index contributed by atoms with van der Waals surface area (Å²) in [6.07, 6.45) is -3.99. The number of aromatic nitrogens is 4. The van der Waals surface area contributed by atoms with Gasteiger partial charge in [-0.3, -0.25) is 4.52 Å². The third kappa shape index (κ3) is 4.38. The van der Waals surface area contributed by atoms with Crippen LogP contribution >= 0.6 is 7.82 Å². The SMILES string of the molecule is O=P(O)(O)OC(Cn1cnnn1)C(F)F. The number of phosphoric ester groups is 1. The van der Waals surface area contributed by atoms with Crippen molar-refractivity contribution in [2.45, 2.75) is 19.1 Å². The molecule has 1 rings (SSSR count). The molecule has 11 heteroatoms. The van der Waals surface area contributed by atoms with E-state index in [1.165, 1.54) is 0 Å². The molecule has 0 aliphatic carbocycles. The van der Waals surface area contributed by atoms with Gasteiger partial charge in [0.2, 0.25) is 0 Å². The van der Waals surface area contributed by atoms with Crippen molar-refractivity contribution in [2.75, 3.05) is 0 Å². The first-order chi connectivity index (χ1) is 6.88. The molecule has 1 heterocycles. The third-order valence-corrected chi connectivity index (χ3v) is 1.86. The molecule has 1 atom stereocenters. The standard InChI is InChI=1S/C4H7F2N4O4P/c5-4(6)3(14-15(11,12)13)1-10-2-7-8-9-10/h2-4H,1H2,(H2,11,12,13).